The van der Waals surface area contributed by atoms with Gasteiger partial charge in [-0.2, -0.15) is 0 Å². The Morgan fingerprint density at radius 3 is 0.783 bits per heavy atom. The van der Waals surface area contributed by atoms with Crippen LogP contribution in [-0.2, 0) is 28.6 Å². The summed E-state index contributed by atoms with van der Waals surface area (Å²) in [4.78, 5) is 38.3. The van der Waals surface area contributed by atoms with Crippen LogP contribution in [0.2, 0.25) is 0 Å². The fraction of sp³-hybridized carbons (Fsp3) is 0.597. The molecular formula is C77H122O6. The lowest BCUT2D eigenvalue weighted by atomic mass is 10.0. The molecule has 0 aliphatic rings. The smallest absolute Gasteiger partial charge is 0.306 e. The van der Waals surface area contributed by atoms with E-state index in [-0.39, 0.29) is 31.6 Å². The molecule has 1 unspecified atom stereocenters. The summed E-state index contributed by atoms with van der Waals surface area (Å²) >= 11 is 0. The number of hydrogen-bond donors (Lipinski definition) is 0. The van der Waals surface area contributed by atoms with Crippen molar-refractivity contribution in [3.8, 4) is 0 Å². The number of hydrogen-bond acceptors (Lipinski definition) is 6. The Bertz CT molecular complexity index is 1890. The Morgan fingerprint density at radius 1 is 0.253 bits per heavy atom. The third-order valence-corrected chi connectivity index (χ3v) is 13.7. The molecule has 6 nitrogen and oxygen atoms in total. The van der Waals surface area contributed by atoms with Crippen molar-refractivity contribution in [3.63, 3.8) is 0 Å². The van der Waals surface area contributed by atoms with E-state index in [0.717, 1.165) is 148 Å². The van der Waals surface area contributed by atoms with Gasteiger partial charge in [-0.3, -0.25) is 14.4 Å². The van der Waals surface area contributed by atoms with Gasteiger partial charge in [-0.1, -0.05) is 294 Å². The fourth-order valence-corrected chi connectivity index (χ4v) is 8.75. The summed E-state index contributed by atoms with van der Waals surface area (Å²) < 4.78 is 16.8. The van der Waals surface area contributed by atoms with E-state index in [1.165, 1.54) is 83.5 Å². The lowest BCUT2D eigenvalue weighted by Crippen LogP contribution is -2.30. The Kier molecular flexibility index (Phi) is 64.9. The van der Waals surface area contributed by atoms with Gasteiger partial charge in [-0.05, 0) is 135 Å². The van der Waals surface area contributed by atoms with Crippen molar-refractivity contribution in [2.75, 3.05) is 13.2 Å². The van der Waals surface area contributed by atoms with Crippen LogP contribution >= 0.6 is 0 Å². The number of carbonyl (C=O) groups is 3. The molecule has 0 aromatic heterocycles. The first kappa shape index (κ1) is 77.8. The predicted molar refractivity (Wildman–Crippen MR) is 361 cm³/mol. The second kappa shape index (κ2) is 69.3. The number of ether oxygens (including phenoxy) is 3. The standard InChI is InChI=1S/C77H122O6/c1-4-7-10-13-16-19-22-25-27-29-31-32-33-34-35-36-37-38-39-40-41-42-43-44-46-47-49-52-55-58-61-64-67-70-76(79)82-73-74(72-81-75(78)69-66-63-60-57-54-51-24-21-18-15-12-9-6-3)83-77(80)71-68-65-62-59-56-53-50-48-45-30-28-26-23-20-17-14-11-8-5-2/h7-8,10-12,15-17,19-21,24-28,31-32,34-35,37-38,45,48,53,56,62,65,74H,4-6,9,13-14,18,22-23,29-30,33,36,39-44,46-47,49-52,54-55,57-61,63-64,66-73H2,1-3H3/b10-7-,11-8-,15-12-,19-16-,20-17-,24-21-,27-25-,28-26-,32-31-,35-34-,38-37-,48-45-,56-53-,65-62-. The third-order valence-electron chi connectivity index (χ3n) is 13.7. The topological polar surface area (TPSA) is 78.9 Å². The Hall–Kier alpha value is -5.23. The van der Waals surface area contributed by atoms with Gasteiger partial charge in [-0.15, -0.1) is 0 Å². The zero-order valence-electron chi connectivity index (χ0n) is 53.4. The minimum atomic E-state index is -0.833. The van der Waals surface area contributed by atoms with E-state index in [1.54, 1.807) is 0 Å². The lowest BCUT2D eigenvalue weighted by molar-refractivity contribution is -0.166. The minimum Gasteiger partial charge on any atom is -0.462 e. The molecule has 0 aliphatic carbocycles. The molecule has 0 saturated carbocycles. The number of esters is 3. The molecule has 0 amide bonds. The summed E-state index contributed by atoms with van der Waals surface area (Å²) in [6.07, 6.45) is 102. The fourth-order valence-electron chi connectivity index (χ4n) is 8.75. The first-order valence-electron chi connectivity index (χ1n) is 33.6. The van der Waals surface area contributed by atoms with Gasteiger partial charge in [0.05, 0.1) is 0 Å². The van der Waals surface area contributed by atoms with E-state index in [0.29, 0.717) is 19.3 Å². The van der Waals surface area contributed by atoms with Gasteiger partial charge in [0.25, 0.3) is 0 Å². The maximum Gasteiger partial charge on any atom is 0.306 e. The van der Waals surface area contributed by atoms with Gasteiger partial charge < -0.3 is 14.2 Å². The van der Waals surface area contributed by atoms with Gasteiger partial charge in [-0.25, -0.2) is 0 Å². The molecule has 0 spiro atoms. The van der Waals surface area contributed by atoms with Gasteiger partial charge in [0, 0.05) is 19.3 Å². The van der Waals surface area contributed by atoms with E-state index in [2.05, 4.69) is 185 Å². The van der Waals surface area contributed by atoms with E-state index >= 15 is 0 Å². The van der Waals surface area contributed by atoms with Crippen LogP contribution in [0.3, 0.4) is 0 Å². The van der Waals surface area contributed by atoms with Gasteiger partial charge in [0.2, 0.25) is 0 Å². The molecule has 0 heterocycles. The minimum absolute atomic E-state index is 0.119. The molecule has 0 rings (SSSR count). The highest BCUT2D eigenvalue weighted by molar-refractivity contribution is 5.71. The molecule has 0 saturated heterocycles. The average molecular weight is 1140 g/mol. The van der Waals surface area contributed by atoms with Crippen molar-refractivity contribution in [2.24, 2.45) is 0 Å². The maximum atomic E-state index is 12.9. The molecule has 466 valence electrons. The number of rotatable bonds is 59. The van der Waals surface area contributed by atoms with Crippen LogP contribution in [0.15, 0.2) is 170 Å². The summed E-state index contributed by atoms with van der Waals surface area (Å²) in [5, 5.41) is 0. The van der Waals surface area contributed by atoms with Crippen molar-refractivity contribution in [2.45, 2.75) is 284 Å². The molecule has 0 radical (unpaired) electrons. The van der Waals surface area contributed by atoms with Crippen molar-refractivity contribution < 1.29 is 28.6 Å². The SMILES string of the molecule is CC/C=C\C/C=C\C/C=C\C/C=C\C/C=C\C/C=C\CCCCCCCCCCCCCCCCC(=O)OCC(COC(=O)CCCCCCC/C=C\C/C=C\CCC)OC(=O)CC/C=C\C/C=C\C/C=C\C/C=C\C/C=C\C/C=C\CC. The van der Waals surface area contributed by atoms with E-state index in [4.69, 9.17) is 14.2 Å². The first-order valence-corrected chi connectivity index (χ1v) is 33.6. The Morgan fingerprint density at radius 2 is 0.494 bits per heavy atom. The predicted octanol–water partition coefficient (Wildman–Crippen LogP) is 23.4. The van der Waals surface area contributed by atoms with E-state index in [1.807, 2.05) is 6.08 Å². The van der Waals surface area contributed by atoms with E-state index in [9.17, 15) is 14.4 Å². The lowest BCUT2D eigenvalue weighted by Gasteiger charge is -2.18. The summed E-state index contributed by atoms with van der Waals surface area (Å²) in [6.45, 7) is 6.27. The molecule has 6 heteroatoms. The summed E-state index contributed by atoms with van der Waals surface area (Å²) in [5.74, 6) is -1.02. The Labute approximate surface area is 511 Å². The second-order valence-electron chi connectivity index (χ2n) is 21.6. The highest BCUT2D eigenvalue weighted by Gasteiger charge is 2.19. The largest absolute Gasteiger partial charge is 0.462 e. The van der Waals surface area contributed by atoms with Crippen molar-refractivity contribution in [1.29, 1.82) is 0 Å². The molecule has 0 aromatic rings. The van der Waals surface area contributed by atoms with Crippen LogP contribution in [0, 0.1) is 0 Å². The molecule has 83 heavy (non-hydrogen) atoms. The van der Waals surface area contributed by atoms with Crippen LogP contribution < -0.4 is 0 Å². The molecule has 1 atom stereocenters. The van der Waals surface area contributed by atoms with Gasteiger partial charge >= 0.3 is 17.9 Å². The van der Waals surface area contributed by atoms with Crippen molar-refractivity contribution >= 4 is 17.9 Å². The average Bonchev–Trinajstić information content (AvgIpc) is 3.49. The second-order valence-corrected chi connectivity index (χ2v) is 21.6. The van der Waals surface area contributed by atoms with Gasteiger partial charge in [0.15, 0.2) is 6.10 Å². The summed E-state index contributed by atoms with van der Waals surface area (Å²) in [7, 11) is 0. The zero-order chi connectivity index (χ0) is 59.9. The van der Waals surface area contributed by atoms with Gasteiger partial charge in [0.1, 0.15) is 13.2 Å². The highest BCUT2D eigenvalue weighted by atomic mass is 16.6. The van der Waals surface area contributed by atoms with Crippen molar-refractivity contribution in [1.82, 2.24) is 0 Å². The summed E-state index contributed by atoms with van der Waals surface area (Å²) in [5.41, 5.74) is 0. The molecule has 0 bridgehead atoms. The molecule has 0 aromatic carbocycles. The number of unbranched alkanes of at least 4 members (excludes halogenated alkanes) is 20. The first-order chi connectivity index (χ1) is 41.0. The monoisotopic (exact) mass is 1140 g/mol. The molecule has 0 aliphatic heterocycles. The number of allylic oxidation sites excluding steroid dienone is 28. The van der Waals surface area contributed by atoms with Crippen molar-refractivity contribution in [3.05, 3.63) is 170 Å². The summed E-state index contributed by atoms with van der Waals surface area (Å²) in [6, 6.07) is 0. The molecule has 0 N–H and O–H groups in total. The highest BCUT2D eigenvalue weighted by Crippen LogP contribution is 2.15. The maximum absolute atomic E-state index is 12.9. The molecule has 0 fully saturated rings. The Balaban J connectivity index is 4.33. The normalized spacial score (nSPS) is 13.2. The van der Waals surface area contributed by atoms with Crippen LogP contribution in [0.25, 0.3) is 0 Å². The molecular weight excluding hydrogens is 1020 g/mol. The van der Waals surface area contributed by atoms with Crippen LogP contribution in [0.1, 0.15) is 278 Å². The quantitative estimate of drug-likeness (QED) is 0.0261. The third kappa shape index (κ3) is 67.4. The zero-order valence-corrected chi connectivity index (χ0v) is 53.4. The van der Waals surface area contributed by atoms with E-state index < -0.39 is 12.1 Å². The van der Waals surface area contributed by atoms with Crippen LogP contribution in [0.4, 0.5) is 0 Å². The van der Waals surface area contributed by atoms with Crippen LogP contribution in [0.5, 0.6) is 0 Å². The van der Waals surface area contributed by atoms with Crippen LogP contribution in [-0.4, -0.2) is 37.2 Å². The number of carbonyl (C=O) groups excluding carboxylic acids is 3.